The molecule has 0 aliphatic rings. The summed E-state index contributed by atoms with van der Waals surface area (Å²) < 4.78 is 16.5. The first-order chi connectivity index (χ1) is 9.60. The summed E-state index contributed by atoms with van der Waals surface area (Å²) in [5.74, 6) is 2.43. The molecule has 0 spiro atoms. The van der Waals surface area contributed by atoms with Crippen LogP contribution in [-0.4, -0.2) is 31.3 Å². The third-order valence-electron chi connectivity index (χ3n) is 2.69. The number of hydrogen-bond acceptors (Lipinski definition) is 6. The van der Waals surface area contributed by atoms with Crippen molar-refractivity contribution < 1.29 is 14.2 Å². The lowest BCUT2D eigenvalue weighted by molar-refractivity contribution is 0.324. The van der Waals surface area contributed by atoms with Gasteiger partial charge >= 0.3 is 0 Å². The highest BCUT2D eigenvalue weighted by atomic mass is 79.9. The Morgan fingerprint density at radius 1 is 1.05 bits per heavy atom. The van der Waals surface area contributed by atoms with Gasteiger partial charge in [-0.1, -0.05) is 0 Å². The highest BCUT2D eigenvalue weighted by molar-refractivity contribution is 9.10. The Labute approximate surface area is 125 Å². The topological polar surface area (TPSA) is 79.5 Å². The van der Waals surface area contributed by atoms with Gasteiger partial charge in [-0.25, -0.2) is 9.97 Å². The van der Waals surface area contributed by atoms with Crippen LogP contribution >= 0.6 is 15.9 Å². The number of halogens is 1. The van der Waals surface area contributed by atoms with E-state index in [2.05, 4.69) is 25.9 Å². The van der Waals surface area contributed by atoms with Crippen LogP contribution in [0, 0.1) is 0 Å². The number of nitrogens with two attached hydrogens (primary N) is 1. The third kappa shape index (κ3) is 2.62. The zero-order valence-corrected chi connectivity index (χ0v) is 12.9. The lowest BCUT2D eigenvalue weighted by atomic mass is 10.1. The van der Waals surface area contributed by atoms with E-state index in [1.54, 1.807) is 39.7 Å². The van der Waals surface area contributed by atoms with Crippen molar-refractivity contribution >= 4 is 21.7 Å². The average molecular weight is 340 g/mol. The van der Waals surface area contributed by atoms with Gasteiger partial charge in [-0.15, -0.1) is 0 Å². The van der Waals surface area contributed by atoms with Crippen LogP contribution in [0.5, 0.6) is 17.2 Å². The number of aromatic nitrogens is 2. The first kappa shape index (κ1) is 14.4. The summed E-state index contributed by atoms with van der Waals surface area (Å²) in [6.45, 7) is 0. The zero-order valence-electron chi connectivity index (χ0n) is 11.3. The number of anilines is 1. The summed E-state index contributed by atoms with van der Waals surface area (Å²) in [5.41, 5.74) is 6.49. The van der Waals surface area contributed by atoms with E-state index in [4.69, 9.17) is 19.9 Å². The highest BCUT2D eigenvalue weighted by Gasteiger charge is 2.15. The van der Waals surface area contributed by atoms with Crippen molar-refractivity contribution in [2.45, 2.75) is 0 Å². The van der Waals surface area contributed by atoms with Gasteiger partial charge in [-0.2, -0.15) is 0 Å². The van der Waals surface area contributed by atoms with Crippen LogP contribution in [0.1, 0.15) is 0 Å². The Balaban J connectivity index is 2.59. The van der Waals surface area contributed by atoms with Crippen molar-refractivity contribution in [2.24, 2.45) is 0 Å². The highest BCUT2D eigenvalue weighted by Crippen LogP contribution is 2.40. The Morgan fingerprint density at radius 3 is 2.10 bits per heavy atom. The fourth-order valence-electron chi connectivity index (χ4n) is 1.73. The molecule has 1 aromatic heterocycles. The average Bonchev–Trinajstić information content (AvgIpc) is 2.48. The van der Waals surface area contributed by atoms with Crippen LogP contribution in [0.25, 0.3) is 11.4 Å². The summed E-state index contributed by atoms with van der Waals surface area (Å²) >= 11 is 3.26. The molecule has 0 saturated heterocycles. The van der Waals surface area contributed by atoms with Gasteiger partial charge in [-0.3, -0.25) is 0 Å². The maximum absolute atomic E-state index is 5.77. The van der Waals surface area contributed by atoms with Crippen LogP contribution in [0.3, 0.4) is 0 Å². The first-order valence-electron chi connectivity index (χ1n) is 5.69. The third-order valence-corrected chi connectivity index (χ3v) is 3.31. The molecule has 106 valence electrons. The molecule has 1 aromatic carbocycles. The predicted octanol–water partition coefficient (Wildman–Crippen LogP) is 2.51. The number of benzene rings is 1. The van der Waals surface area contributed by atoms with E-state index in [0.717, 1.165) is 5.56 Å². The van der Waals surface area contributed by atoms with Crippen molar-refractivity contribution in [3.8, 4) is 28.6 Å². The smallest absolute Gasteiger partial charge is 0.203 e. The van der Waals surface area contributed by atoms with E-state index < -0.39 is 0 Å². The SMILES string of the molecule is COc1cc(-c2ncc(Br)c(N)n2)cc(OC)c1OC. The van der Waals surface area contributed by atoms with Crippen molar-refractivity contribution in [1.29, 1.82) is 0 Å². The number of hydrogen-bond donors (Lipinski definition) is 1. The van der Waals surface area contributed by atoms with Gasteiger partial charge in [0.05, 0.1) is 25.8 Å². The lowest BCUT2D eigenvalue weighted by Crippen LogP contribution is -1.99. The molecule has 0 fully saturated rings. The van der Waals surface area contributed by atoms with Gasteiger partial charge in [-0.05, 0) is 28.1 Å². The van der Waals surface area contributed by atoms with Crippen LogP contribution in [0.2, 0.25) is 0 Å². The van der Waals surface area contributed by atoms with Crippen molar-refractivity contribution in [3.05, 3.63) is 22.8 Å². The van der Waals surface area contributed by atoms with E-state index in [-0.39, 0.29) is 0 Å². The number of nitrogens with zero attached hydrogens (tertiary/aromatic N) is 2. The predicted molar refractivity (Wildman–Crippen MR) is 79.2 cm³/mol. The number of methoxy groups -OCH3 is 3. The molecule has 2 rings (SSSR count). The number of nitrogen functional groups attached to an aromatic ring is 1. The minimum Gasteiger partial charge on any atom is -0.493 e. The summed E-state index contributed by atoms with van der Waals surface area (Å²) in [5, 5.41) is 0. The minimum atomic E-state index is 0.365. The molecule has 2 N–H and O–H groups in total. The van der Waals surface area contributed by atoms with Crippen LogP contribution in [-0.2, 0) is 0 Å². The molecule has 2 aromatic rings. The molecule has 0 saturated carbocycles. The molecule has 0 amide bonds. The second-order valence-electron chi connectivity index (χ2n) is 3.84. The van der Waals surface area contributed by atoms with E-state index in [0.29, 0.717) is 33.4 Å². The molecule has 0 aliphatic carbocycles. The summed E-state index contributed by atoms with van der Waals surface area (Å²) in [6, 6.07) is 3.54. The van der Waals surface area contributed by atoms with E-state index in [1.807, 2.05) is 0 Å². The molecule has 0 bridgehead atoms. The van der Waals surface area contributed by atoms with Gasteiger partial charge in [0.1, 0.15) is 5.82 Å². The fraction of sp³-hybridized carbons (Fsp3) is 0.231. The number of rotatable bonds is 4. The van der Waals surface area contributed by atoms with Crippen LogP contribution in [0.4, 0.5) is 5.82 Å². The molecular formula is C13H14BrN3O3. The molecule has 1 heterocycles. The summed E-state index contributed by atoms with van der Waals surface area (Å²) in [6.07, 6.45) is 1.60. The maximum Gasteiger partial charge on any atom is 0.203 e. The maximum atomic E-state index is 5.77. The van der Waals surface area contributed by atoms with Crippen molar-refractivity contribution in [2.75, 3.05) is 27.1 Å². The molecular weight excluding hydrogens is 326 g/mol. The monoisotopic (exact) mass is 339 g/mol. The van der Waals surface area contributed by atoms with E-state index in [9.17, 15) is 0 Å². The van der Waals surface area contributed by atoms with Crippen LogP contribution in [0.15, 0.2) is 22.8 Å². The minimum absolute atomic E-state index is 0.365. The van der Waals surface area contributed by atoms with Crippen LogP contribution < -0.4 is 19.9 Å². The van der Waals surface area contributed by atoms with Gasteiger partial charge in [0.2, 0.25) is 5.75 Å². The molecule has 6 nitrogen and oxygen atoms in total. The molecule has 0 atom stereocenters. The Bertz CT molecular complexity index is 609. The van der Waals surface area contributed by atoms with Crippen molar-refractivity contribution in [1.82, 2.24) is 9.97 Å². The second kappa shape index (κ2) is 5.96. The van der Waals surface area contributed by atoms with E-state index in [1.165, 1.54) is 0 Å². The quantitative estimate of drug-likeness (QED) is 0.921. The zero-order chi connectivity index (χ0) is 14.7. The molecule has 20 heavy (non-hydrogen) atoms. The molecule has 0 unspecified atom stereocenters. The molecule has 0 aliphatic heterocycles. The summed E-state index contributed by atoms with van der Waals surface area (Å²) in [7, 11) is 4.66. The van der Waals surface area contributed by atoms with E-state index >= 15 is 0 Å². The second-order valence-corrected chi connectivity index (χ2v) is 4.70. The first-order valence-corrected chi connectivity index (χ1v) is 6.48. The standard InChI is InChI=1S/C13H14BrN3O3/c1-18-9-4-7(5-10(19-2)11(9)20-3)13-16-6-8(14)12(15)17-13/h4-6H,1-3H3,(H2,15,16,17). The van der Waals surface area contributed by atoms with Gasteiger partial charge < -0.3 is 19.9 Å². The lowest BCUT2D eigenvalue weighted by Gasteiger charge is -2.13. The van der Waals surface area contributed by atoms with Gasteiger partial charge in [0.25, 0.3) is 0 Å². The fourth-order valence-corrected chi connectivity index (χ4v) is 1.92. The van der Waals surface area contributed by atoms with Gasteiger partial charge in [0.15, 0.2) is 17.3 Å². The Kier molecular flexibility index (Phi) is 4.29. The summed E-state index contributed by atoms with van der Waals surface area (Å²) in [4.78, 5) is 8.44. The molecule has 7 heteroatoms. The number of ether oxygens (including phenoxy) is 3. The Hall–Kier alpha value is -2.02. The van der Waals surface area contributed by atoms with Crippen molar-refractivity contribution in [3.63, 3.8) is 0 Å². The molecule has 0 radical (unpaired) electrons. The largest absolute Gasteiger partial charge is 0.493 e. The Morgan fingerprint density at radius 2 is 1.65 bits per heavy atom. The normalized spacial score (nSPS) is 10.2. The van der Waals surface area contributed by atoms with Gasteiger partial charge in [0, 0.05) is 11.8 Å².